The summed E-state index contributed by atoms with van der Waals surface area (Å²) in [6, 6.07) is 21.2. The SMILES string of the molecule is CC(O)c1cc(Cl)c(NC(=O)N2CCC(c3ccc(NC(=O)CCCc4ccccc4)cc3)CC2)c(Cl)c1. The lowest BCUT2D eigenvalue weighted by atomic mass is 9.89. The van der Waals surface area contributed by atoms with E-state index in [2.05, 4.69) is 34.9 Å². The largest absolute Gasteiger partial charge is 0.389 e. The van der Waals surface area contributed by atoms with Gasteiger partial charge in [-0.2, -0.15) is 0 Å². The van der Waals surface area contributed by atoms with Crippen LogP contribution in [0.1, 0.15) is 61.3 Å². The number of aryl methyl sites for hydroxylation is 1. The number of rotatable bonds is 8. The zero-order valence-electron chi connectivity index (χ0n) is 21.4. The minimum absolute atomic E-state index is 0.0220. The third-order valence-corrected chi connectivity index (χ3v) is 7.54. The molecule has 1 atom stereocenters. The predicted molar refractivity (Wildman–Crippen MR) is 154 cm³/mol. The zero-order chi connectivity index (χ0) is 27.1. The van der Waals surface area contributed by atoms with E-state index in [4.69, 9.17) is 23.2 Å². The second-order valence-electron chi connectivity index (χ2n) is 9.74. The summed E-state index contributed by atoms with van der Waals surface area (Å²) in [5.41, 5.74) is 4.18. The van der Waals surface area contributed by atoms with Gasteiger partial charge in [0.15, 0.2) is 0 Å². The third-order valence-electron chi connectivity index (χ3n) is 6.94. The van der Waals surface area contributed by atoms with Crippen molar-refractivity contribution in [1.29, 1.82) is 0 Å². The highest BCUT2D eigenvalue weighted by Crippen LogP contribution is 2.35. The van der Waals surface area contributed by atoms with Gasteiger partial charge in [-0.05, 0) is 79.5 Å². The van der Waals surface area contributed by atoms with Crippen LogP contribution in [0.25, 0.3) is 0 Å². The molecule has 0 aliphatic carbocycles. The van der Waals surface area contributed by atoms with Gasteiger partial charge in [0.1, 0.15) is 0 Å². The minimum atomic E-state index is -0.705. The molecule has 0 radical (unpaired) electrons. The number of nitrogens with zero attached hydrogens (tertiary/aromatic N) is 1. The van der Waals surface area contributed by atoms with Gasteiger partial charge in [-0.15, -0.1) is 0 Å². The normalized spacial score (nSPS) is 14.7. The summed E-state index contributed by atoms with van der Waals surface area (Å²) in [6.07, 6.45) is 3.15. The maximum absolute atomic E-state index is 12.8. The van der Waals surface area contributed by atoms with E-state index in [1.165, 1.54) is 11.1 Å². The smallest absolute Gasteiger partial charge is 0.321 e. The highest BCUT2D eigenvalue weighted by atomic mass is 35.5. The molecule has 38 heavy (non-hydrogen) atoms. The summed E-state index contributed by atoms with van der Waals surface area (Å²) < 4.78 is 0. The Morgan fingerprint density at radius 3 is 2.21 bits per heavy atom. The molecule has 200 valence electrons. The van der Waals surface area contributed by atoms with Crippen molar-refractivity contribution in [3.8, 4) is 0 Å². The van der Waals surface area contributed by atoms with Crippen molar-refractivity contribution in [3.05, 3.63) is 93.5 Å². The summed E-state index contributed by atoms with van der Waals surface area (Å²) in [6.45, 7) is 2.84. The number of anilines is 2. The van der Waals surface area contributed by atoms with E-state index in [1.54, 1.807) is 24.0 Å². The fourth-order valence-corrected chi connectivity index (χ4v) is 5.31. The number of aliphatic hydroxyl groups excluding tert-OH is 1. The standard InChI is InChI=1S/C30H33Cl2N3O3/c1-20(36)24-18-26(31)29(27(32)19-24)34-30(38)35-16-14-23(15-17-35)22-10-12-25(13-11-22)33-28(37)9-5-8-21-6-3-2-4-7-21/h2-4,6-7,10-13,18-20,23,36H,5,8-9,14-17H2,1H3,(H,33,37)(H,34,38). The van der Waals surface area contributed by atoms with E-state index in [9.17, 15) is 14.7 Å². The van der Waals surface area contributed by atoms with Crippen molar-refractivity contribution in [1.82, 2.24) is 4.90 Å². The number of amides is 3. The molecule has 0 spiro atoms. The Morgan fingerprint density at radius 1 is 0.974 bits per heavy atom. The van der Waals surface area contributed by atoms with Crippen LogP contribution in [0.5, 0.6) is 0 Å². The Morgan fingerprint density at radius 2 is 1.61 bits per heavy atom. The van der Waals surface area contributed by atoms with Crippen molar-refractivity contribution in [2.75, 3.05) is 23.7 Å². The summed E-state index contributed by atoms with van der Waals surface area (Å²) in [5, 5.41) is 16.1. The second kappa shape index (κ2) is 13.1. The summed E-state index contributed by atoms with van der Waals surface area (Å²) in [7, 11) is 0. The molecule has 4 rings (SSSR count). The first kappa shape index (κ1) is 28.0. The molecular weight excluding hydrogens is 521 g/mol. The molecule has 8 heteroatoms. The number of hydrogen-bond acceptors (Lipinski definition) is 3. The number of likely N-dealkylation sites (tertiary alicyclic amines) is 1. The Bertz CT molecular complexity index is 1220. The lowest BCUT2D eigenvalue weighted by molar-refractivity contribution is -0.116. The number of carbonyl (C=O) groups is 2. The first-order chi connectivity index (χ1) is 18.3. The molecule has 1 heterocycles. The quantitative estimate of drug-likeness (QED) is 0.271. The Kier molecular flexibility index (Phi) is 9.67. The molecule has 1 aliphatic rings. The first-order valence-electron chi connectivity index (χ1n) is 13.0. The summed E-state index contributed by atoms with van der Waals surface area (Å²) >= 11 is 12.6. The number of hydrogen-bond donors (Lipinski definition) is 3. The predicted octanol–water partition coefficient (Wildman–Crippen LogP) is 7.42. The van der Waals surface area contributed by atoms with Crippen molar-refractivity contribution in [3.63, 3.8) is 0 Å². The Hall–Kier alpha value is -3.06. The van der Waals surface area contributed by atoms with Gasteiger partial charge in [0.2, 0.25) is 5.91 Å². The van der Waals surface area contributed by atoms with E-state index in [0.29, 0.717) is 46.7 Å². The fraction of sp³-hybridized carbons (Fsp3) is 0.333. The minimum Gasteiger partial charge on any atom is -0.389 e. The van der Waals surface area contributed by atoms with Crippen LogP contribution in [0.15, 0.2) is 66.7 Å². The molecule has 0 bridgehead atoms. The molecule has 3 aromatic carbocycles. The Labute approximate surface area is 234 Å². The number of halogens is 2. The van der Waals surface area contributed by atoms with Gasteiger partial charge < -0.3 is 20.6 Å². The van der Waals surface area contributed by atoms with Gasteiger partial charge in [0.05, 0.1) is 21.8 Å². The molecular formula is C30H33Cl2N3O3. The van der Waals surface area contributed by atoms with Crippen LogP contribution >= 0.6 is 23.2 Å². The molecule has 3 aromatic rings. The van der Waals surface area contributed by atoms with Gasteiger partial charge in [0, 0.05) is 25.2 Å². The molecule has 3 N–H and O–H groups in total. The van der Waals surface area contributed by atoms with E-state index in [1.807, 2.05) is 30.3 Å². The molecule has 1 saturated heterocycles. The number of benzene rings is 3. The highest BCUT2D eigenvalue weighted by molar-refractivity contribution is 6.39. The topological polar surface area (TPSA) is 81.7 Å². The van der Waals surface area contributed by atoms with Crippen LogP contribution in [0.3, 0.4) is 0 Å². The van der Waals surface area contributed by atoms with Crippen LogP contribution in [0.2, 0.25) is 10.0 Å². The highest BCUT2D eigenvalue weighted by Gasteiger charge is 2.25. The average molecular weight is 555 g/mol. The van der Waals surface area contributed by atoms with E-state index in [0.717, 1.165) is 31.4 Å². The van der Waals surface area contributed by atoms with Crippen LogP contribution in [0, 0.1) is 0 Å². The van der Waals surface area contributed by atoms with Crippen LogP contribution in [-0.4, -0.2) is 35.0 Å². The molecule has 0 saturated carbocycles. The van der Waals surface area contributed by atoms with Crippen molar-refractivity contribution in [2.45, 2.75) is 51.0 Å². The second-order valence-corrected chi connectivity index (χ2v) is 10.6. The molecule has 1 aliphatic heterocycles. The number of piperidine rings is 1. The van der Waals surface area contributed by atoms with Crippen LogP contribution in [0.4, 0.5) is 16.2 Å². The fourth-order valence-electron chi connectivity index (χ4n) is 4.72. The third kappa shape index (κ3) is 7.50. The lowest BCUT2D eigenvalue weighted by Crippen LogP contribution is -2.40. The zero-order valence-corrected chi connectivity index (χ0v) is 22.9. The van der Waals surface area contributed by atoms with Gasteiger partial charge in [0.25, 0.3) is 0 Å². The summed E-state index contributed by atoms with van der Waals surface area (Å²) in [4.78, 5) is 26.9. The van der Waals surface area contributed by atoms with Gasteiger partial charge in [-0.3, -0.25) is 4.79 Å². The lowest BCUT2D eigenvalue weighted by Gasteiger charge is -2.32. The maximum atomic E-state index is 12.8. The number of nitrogens with one attached hydrogen (secondary N) is 2. The number of aliphatic hydroxyl groups is 1. The van der Waals surface area contributed by atoms with E-state index >= 15 is 0 Å². The molecule has 1 fully saturated rings. The van der Waals surface area contributed by atoms with Crippen LogP contribution in [-0.2, 0) is 11.2 Å². The van der Waals surface area contributed by atoms with Gasteiger partial charge >= 0.3 is 6.03 Å². The van der Waals surface area contributed by atoms with Crippen molar-refractivity contribution >= 4 is 46.5 Å². The Balaban J connectivity index is 1.23. The maximum Gasteiger partial charge on any atom is 0.321 e. The van der Waals surface area contributed by atoms with Crippen LogP contribution < -0.4 is 10.6 Å². The first-order valence-corrected chi connectivity index (χ1v) is 13.7. The number of carbonyl (C=O) groups excluding carboxylic acids is 2. The van der Waals surface area contributed by atoms with E-state index in [-0.39, 0.29) is 11.9 Å². The van der Waals surface area contributed by atoms with Gasteiger partial charge in [-0.25, -0.2) is 4.79 Å². The average Bonchev–Trinajstić information content (AvgIpc) is 2.91. The van der Waals surface area contributed by atoms with E-state index < -0.39 is 6.10 Å². The molecule has 6 nitrogen and oxygen atoms in total. The summed E-state index contributed by atoms with van der Waals surface area (Å²) in [5.74, 6) is 0.362. The van der Waals surface area contributed by atoms with Crippen molar-refractivity contribution < 1.29 is 14.7 Å². The molecule has 1 unspecified atom stereocenters. The molecule has 0 aromatic heterocycles. The number of urea groups is 1. The monoisotopic (exact) mass is 553 g/mol. The molecule has 3 amide bonds. The van der Waals surface area contributed by atoms with Gasteiger partial charge in [-0.1, -0.05) is 65.7 Å². The van der Waals surface area contributed by atoms with Crippen molar-refractivity contribution in [2.24, 2.45) is 0 Å².